The molecular weight excluding hydrogens is 200 g/mol. The van der Waals surface area contributed by atoms with Gasteiger partial charge < -0.3 is 11.1 Å². The summed E-state index contributed by atoms with van der Waals surface area (Å²) in [5.41, 5.74) is 5.81. The summed E-state index contributed by atoms with van der Waals surface area (Å²) in [4.78, 5) is 11.7. The van der Waals surface area contributed by atoms with Gasteiger partial charge in [-0.15, -0.1) is 0 Å². The summed E-state index contributed by atoms with van der Waals surface area (Å²) in [6, 6.07) is -0.349. The van der Waals surface area contributed by atoms with E-state index < -0.39 is 0 Å². The summed E-state index contributed by atoms with van der Waals surface area (Å²) in [5, 5.41) is 3.03. The van der Waals surface area contributed by atoms with E-state index in [0.717, 1.165) is 24.3 Å². The van der Waals surface area contributed by atoms with Crippen LogP contribution in [0.2, 0.25) is 0 Å². The van der Waals surface area contributed by atoms with E-state index in [1.807, 2.05) is 13.8 Å². The van der Waals surface area contributed by atoms with Gasteiger partial charge in [-0.2, -0.15) is 0 Å². The number of nitrogens with one attached hydrogen (secondary N) is 1. The molecule has 2 bridgehead atoms. The molecule has 0 heterocycles. The Morgan fingerprint density at radius 3 is 2.62 bits per heavy atom. The van der Waals surface area contributed by atoms with Gasteiger partial charge in [0.2, 0.25) is 5.91 Å². The predicted molar refractivity (Wildman–Crippen MR) is 64.8 cm³/mol. The molecule has 3 heteroatoms. The normalized spacial score (nSPS) is 34.4. The van der Waals surface area contributed by atoms with Crippen LogP contribution in [0.3, 0.4) is 0 Å². The number of fused-ring (bicyclic) bond motifs is 2. The zero-order valence-corrected chi connectivity index (χ0v) is 10.4. The van der Waals surface area contributed by atoms with Gasteiger partial charge in [0.05, 0.1) is 6.04 Å². The third kappa shape index (κ3) is 2.40. The Hall–Kier alpha value is -0.570. The van der Waals surface area contributed by atoms with E-state index in [1.165, 1.54) is 25.7 Å². The van der Waals surface area contributed by atoms with Gasteiger partial charge in [0.1, 0.15) is 0 Å². The monoisotopic (exact) mass is 224 g/mol. The number of hydrogen-bond acceptors (Lipinski definition) is 2. The highest BCUT2D eigenvalue weighted by atomic mass is 16.2. The summed E-state index contributed by atoms with van der Waals surface area (Å²) in [7, 11) is 0. The molecule has 16 heavy (non-hydrogen) atoms. The van der Waals surface area contributed by atoms with E-state index in [4.69, 9.17) is 5.73 Å². The Bertz CT molecular complexity index is 265. The van der Waals surface area contributed by atoms with Crippen LogP contribution in [0.1, 0.15) is 39.5 Å². The van der Waals surface area contributed by atoms with Gasteiger partial charge in [0, 0.05) is 6.54 Å². The second-order valence-electron chi connectivity index (χ2n) is 5.95. The summed E-state index contributed by atoms with van der Waals surface area (Å²) < 4.78 is 0. The second kappa shape index (κ2) is 4.74. The van der Waals surface area contributed by atoms with Crippen LogP contribution in [0.5, 0.6) is 0 Å². The van der Waals surface area contributed by atoms with Crippen molar-refractivity contribution in [2.24, 2.45) is 29.4 Å². The van der Waals surface area contributed by atoms with Crippen molar-refractivity contribution in [3.05, 3.63) is 0 Å². The van der Waals surface area contributed by atoms with Crippen molar-refractivity contribution >= 4 is 5.91 Å². The molecule has 0 aromatic rings. The Balaban J connectivity index is 1.73. The van der Waals surface area contributed by atoms with E-state index in [1.54, 1.807) is 0 Å². The first kappa shape index (κ1) is 11.9. The van der Waals surface area contributed by atoms with Crippen molar-refractivity contribution in [1.29, 1.82) is 0 Å². The summed E-state index contributed by atoms with van der Waals surface area (Å²) >= 11 is 0. The van der Waals surface area contributed by atoms with Crippen LogP contribution in [-0.2, 0) is 4.79 Å². The molecule has 0 aromatic carbocycles. The molecule has 4 atom stereocenters. The van der Waals surface area contributed by atoms with Crippen LogP contribution in [-0.4, -0.2) is 18.5 Å². The maximum atomic E-state index is 11.7. The molecule has 92 valence electrons. The minimum atomic E-state index is -0.349. The van der Waals surface area contributed by atoms with E-state index in [-0.39, 0.29) is 17.9 Å². The lowest BCUT2D eigenvalue weighted by Crippen LogP contribution is -2.45. The highest BCUT2D eigenvalue weighted by Crippen LogP contribution is 2.47. The highest BCUT2D eigenvalue weighted by molar-refractivity contribution is 5.81. The summed E-state index contributed by atoms with van der Waals surface area (Å²) in [5.74, 6) is 2.80. The molecular formula is C13H24N2O. The summed E-state index contributed by atoms with van der Waals surface area (Å²) in [6.45, 7) is 4.82. The third-order valence-corrected chi connectivity index (χ3v) is 4.44. The van der Waals surface area contributed by atoms with E-state index in [2.05, 4.69) is 5.32 Å². The van der Waals surface area contributed by atoms with E-state index in [9.17, 15) is 4.79 Å². The standard InChI is InChI=1S/C13H24N2O/c1-8(2)12(14)13(16)15-7-11-6-9-3-4-10(11)5-9/h8-12H,3-7,14H2,1-2H3,(H,15,16)/t9?,10?,11?,12-/m1/s1. The van der Waals surface area contributed by atoms with Gasteiger partial charge in [-0.05, 0) is 42.9 Å². The highest BCUT2D eigenvalue weighted by Gasteiger charge is 2.39. The molecule has 0 aromatic heterocycles. The Kier molecular flexibility index (Phi) is 3.53. The minimum absolute atomic E-state index is 0.0257. The lowest BCUT2D eigenvalue weighted by Gasteiger charge is -2.23. The van der Waals surface area contributed by atoms with Crippen molar-refractivity contribution < 1.29 is 4.79 Å². The van der Waals surface area contributed by atoms with Crippen molar-refractivity contribution in [3.8, 4) is 0 Å². The first-order valence-corrected chi connectivity index (χ1v) is 6.61. The van der Waals surface area contributed by atoms with Crippen molar-refractivity contribution in [3.63, 3.8) is 0 Å². The molecule has 0 radical (unpaired) electrons. The number of hydrogen-bond donors (Lipinski definition) is 2. The quantitative estimate of drug-likeness (QED) is 0.760. The van der Waals surface area contributed by atoms with Crippen LogP contribution in [0.25, 0.3) is 0 Å². The number of nitrogens with two attached hydrogens (primary N) is 1. The molecule has 2 fully saturated rings. The predicted octanol–water partition coefficient (Wildman–Crippen LogP) is 1.52. The SMILES string of the molecule is CC(C)[C@@H](N)C(=O)NCC1CC2CCC1C2. The average Bonchev–Trinajstić information content (AvgIpc) is 2.86. The number of rotatable bonds is 4. The Morgan fingerprint density at radius 1 is 1.38 bits per heavy atom. The van der Waals surface area contributed by atoms with Gasteiger partial charge in [0.15, 0.2) is 0 Å². The van der Waals surface area contributed by atoms with Gasteiger partial charge in [-0.1, -0.05) is 20.3 Å². The van der Waals surface area contributed by atoms with Gasteiger partial charge >= 0.3 is 0 Å². The molecule has 2 aliphatic carbocycles. The van der Waals surface area contributed by atoms with Gasteiger partial charge in [-0.3, -0.25) is 4.79 Å². The zero-order chi connectivity index (χ0) is 11.7. The Morgan fingerprint density at radius 2 is 2.12 bits per heavy atom. The first-order chi connectivity index (χ1) is 7.58. The molecule has 2 aliphatic rings. The maximum Gasteiger partial charge on any atom is 0.237 e. The van der Waals surface area contributed by atoms with Crippen LogP contribution >= 0.6 is 0 Å². The smallest absolute Gasteiger partial charge is 0.237 e. The summed E-state index contributed by atoms with van der Waals surface area (Å²) in [6.07, 6.45) is 5.51. The molecule has 1 amide bonds. The Labute approximate surface area is 98.2 Å². The van der Waals surface area contributed by atoms with Crippen LogP contribution < -0.4 is 11.1 Å². The third-order valence-electron chi connectivity index (χ3n) is 4.44. The molecule has 0 saturated heterocycles. The lowest BCUT2D eigenvalue weighted by molar-refractivity contribution is -0.123. The molecule has 2 saturated carbocycles. The number of carbonyl (C=O) groups excluding carboxylic acids is 1. The molecule has 3 nitrogen and oxygen atoms in total. The van der Waals surface area contributed by atoms with Gasteiger partial charge in [-0.25, -0.2) is 0 Å². The molecule has 3 unspecified atom stereocenters. The molecule has 0 aliphatic heterocycles. The van der Waals surface area contributed by atoms with Crippen LogP contribution in [0.4, 0.5) is 0 Å². The average molecular weight is 224 g/mol. The largest absolute Gasteiger partial charge is 0.354 e. The molecule has 0 spiro atoms. The van der Waals surface area contributed by atoms with E-state index in [0.29, 0.717) is 0 Å². The lowest BCUT2D eigenvalue weighted by atomic mass is 9.89. The van der Waals surface area contributed by atoms with Crippen molar-refractivity contribution in [2.75, 3.05) is 6.54 Å². The fourth-order valence-corrected chi connectivity index (χ4v) is 3.28. The maximum absolute atomic E-state index is 11.7. The number of amides is 1. The zero-order valence-electron chi connectivity index (χ0n) is 10.4. The van der Waals surface area contributed by atoms with Crippen molar-refractivity contribution in [2.45, 2.75) is 45.6 Å². The minimum Gasteiger partial charge on any atom is -0.354 e. The fourth-order valence-electron chi connectivity index (χ4n) is 3.28. The number of carbonyl (C=O) groups is 1. The van der Waals surface area contributed by atoms with Gasteiger partial charge in [0.25, 0.3) is 0 Å². The molecule has 3 N–H and O–H groups in total. The van der Waals surface area contributed by atoms with E-state index >= 15 is 0 Å². The van der Waals surface area contributed by atoms with Crippen molar-refractivity contribution in [1.82, 2.24) is 5.32 Å². The second-order valence-corrected chi connectivity index (χ2v) is 5.95. The fraction of sp³-hybridized carbons (Fsp3) is 0.923. The molecule has 2 rings (SSSR count). The first-order valence-electron chi connectivity index (χ1n) is 6.61. The van der Waals surface area contributed by atoms with Crippen LogP contribution in [0, 0.1) is 23.7 Å². The van der Waals surface area contributed by atoms with Crippen LogP contribution in [0.15, 0.2) is 0 Å². The topological polar surface area (TPSA) is 55.1 Å².